The molecule has 0 bridgehead atoms. The number of anilines is 1. The molecule has 1 aromatic rings. The number of rotatable bonds is 7. The molecule has 0 radical (unpaired) electrons. The summed E-state index contributed by atoms with van der Waals surface area (Å²) in [6.45, 7) is 3.98. The first-order valence-corrected chi connectivity index (χ1v) is 7.43. The number of carbonyl (C=O) groups excluding carboxylic acids is 2. The smallest absolute Gasteiger partial charge is 0.305 e. The number of fused-ring (bicyclic) bond motifs is 1. The van der Waals surface area contributed by atoms with Crippen molar-refractivity contribution in [3.05, 3.63) is 17.7 Å². The fourth-order valence-electron chi connectivity index (χ4n) is 2.32. The predicted molar refractivity (Wildman–Crippen MR) is 82.3 cm³/mol. The molecule has 23 heavy (non-hydrogen) atoms. The van der Waals surface area contributed by atoms with E-state index in [4.69, 9.17) is 14.6 Å². The van der Waals surface area contributed by atoms with Gasteiger partial charge < -0.3 is 19.5 Å². The van der Waals surface area contributed by atoms with Crippen LogP contribution in [0.1, 0.15) is 37.0 Å². The first kappa shape index (κ1) is 16.8. The second-order valence-electron chi connectivity index (χ2n) is 5.23. The van der Waals surface area contributed by atoms with Gasteiger partial charge in [0.15, 0.2) is 17.6 Å². The van der Waals surface area contributed by atoms with Gasteiger partial charge in [0.25, 0.3) is 5.91 Å². The van der Waals surface area contributed by atoms with Crippen LogP contribution in [0.25, 0.3) is 0 Å². The van der Waals surface area contributed by atoms with Crippen molar-refractivity contribution in [3.63, 3.8) is 0 Å². The normalized spacial score (nSPS) is 16.5. The summed E-state index contributed by atoms with van der Waals surface area (Å²) >= 11 is 0. The van der Waals surface area contributed by atoms with Gasteiger partial charge in [0.05, 0.1) is 18.7 Å². The topological polar surface area (TPSA) is 93.1 Å². The molecule has 7 heteroatoms. The quantitative estimate of drug-likeness (QED) is 0.771. The van der Waals surface area contributed by atoms with Gasteiger partial charge in [-0.3, -0.25) is 14.4 Å². The monoisotopic (exact) mass is 321 g/mol. The molecule has 2 rings (SSSR count). The molecule has 0 saturated heterocycles. The molecule has 7 nitrogen and oxygen atoms in total. The highest BCUT2D eigenvalue weighted by Gasteiger charge is 2.34. The van der Waals surface area contributed by atoms with Crippen LogP contribution in [0.5, 0.6) is 11.5 Å². The SMILES string of the molecule is CCCOc1cc(C=O)cc2c1OC(C)C(=O)N2CCC(=O)O. The van der Waals surface area contributed by atoms with Crippen LogP contribution in [0.3, 0.4) is 0 Å². The lowest BCUT2D eigenvalue weighted by molar-refractivity contribution is -0.136. The van der Waals surface area contributed by atoms with Crippen molar-refractivity contribution in [2.24, 2.45) is 0 Å². The van der Waals surface area contributed by atoms with Crippen molar-refractivity contribution in [2.45, 2.75) is 32.8 Å². The van der Waals surface area contributed by atoms with E-state index in [1.54, 1.807) is 13.0 Å². The van der Waals surface area contributed by atoms with Crippen molar-refractivity contribution >= 4 is 23.9 Å². The van der Waals surface area contributed by atoms with E-state index in [9.17, 15) is 14.4 Å². The Kier molecular flexibility index (Phi) is 5.20. The minimum atomic E-state index is -1.01. The minimum Gasteiger partial charge on any atom is -0.490 e. The summed E-state index contributed by atoms with van der Waals surface area (Å²) in [5, 5.41) is 8.87. The van der Waals surface area contributed by atoms with Gasteiger partial charge in [-0.1, -0.05) is 6.92 Å². The molecular formula is C16H19NO6. The lowest BCUT2D eigenvalue weighted by Gasteiger charge is -2.33. The number of carbonyl (C=O) groups is 3. The fraction of sp³-hybridized carbons (Fsp3) is 0.438. The van der Waals surface area contributed by atoms with Gasteiger partial charge in [0.2, 0.25) is 0 Å². The molecule has 0 fully saturated rings. The molecule has 124 valence electrons. The molecule has 0 aliphatic carbocycles. The van der Waals surface area contributed by atoms with E-state index in [2.05, 4.69) is 0 Å². The zero-order chi connectivity index (χ0) is 17.0. The fourth-order valence-corrected chi connectivity index (χ4v) is 2.32. The van der Waals surface area contributed by atoms with Gasteiger partial charge in [0.1, 0.15) is 6.29 Å². The largest absolute Gasteiger partial charge is 0.490 e. The Morgan fingerprint density at radius 2 is 2.22 bits per heavy atom. The molecule has 1 aliphatic rings. The molecular weight excluding hydrogens is 302 g/mol. The van der Waals surface area contributed by atoms with Crippen molar-refractivity contribution in [1.82, 2.24) is 0 Å². The van der Waals surface area contributed by atoms with Crippen molar-refractivity contribution < 1.29 is 29.0 Å². The highest BCUT2D eigenvalue weighted by molar-refractivity contribution is 6.01. The van der Waals surface area contributed by atoms with E-state index in [1.165, 1.54) is 11.0 Å². The average molecular weight is 321 g/mol. The molecule has 1 aromatic carbocycles. The van der Waals surface area contributed by atoms with Crippen LogP contribution in [0.15, 0.2) is 12.1 Å². The molecule has 1 heterocycles. The van der Waals surface area contributed by atoms with Crippen molar-refractivity contribution in [3.8, 4) is 11.5 Å². The summed E-state index contributed by atoms with van der Waals surface area (Å²) in [7, 11) is 0. The number of amides is 1. The van der Waals surface area contributed by atoms with Gasteiger partial charge in [-0.05, 0) is 25.5 Å². The number of ether oxygens (including phenoxy) is 2. The average Bonchev–Trinajstić information content (AvgIpc) is 2.53. The van der Waals surface area contributed by atoms with Crippen molar-refractivity contribution in [1.29, 1.82) is 0 Å². The Morgan fingerprint density at radius 3 is 2.83 bits per heavy atom. The number of hydrogen-bond donors (Lipinski definition) is 1. The van der Waals surface area contributed by atoms with E-state index in [0.29, 0.717) is 35.6 Å². The Labute approximate surface area is 133 Å². The number of carboxylic acid groups (broad SMARTS) is 1. The molecule has 1 aliphatic heterocycles. The van der Waals surface area contributed by atoms with E-state index < -0.39 is 12.1 Å². The summed E-state index contributed by atoms with van der Waals surface area (Å²) in [5.74, 6) is -0.608. The second kappa shape index (κ2) is 7.13. The molecule has 1 atom stereocenters. The summed E-state index contributed by atoms with van der Waals surface area (Å²) in [4.78, 5) is 35.6. The Hall–Kier alpha value is -2.57. The van der Waals surface area contributed by atoms with Crippen LogP contribution in [0.4, 0.5) is 5.69 Å². The third-order valence-corrected chi connectivity index (χ3v) is 3.40. The first-order valence-electron chi connectivity index (χ1n) is 7.43. The zero-order valence-electron chi connectivity index (χ0n) is 13.1. The number of benzene rings is 1. The van der Waals surface area contributed by atoms with E-state index in [1.807, 2.05) is 6.92 Å². The van der Waals surface area contributed by atoms with Crippen LogP contribution in [-0.2, 0) is 9.59 Å². The third-order valence-electron chi connectivity index (χ3n) is 3.40. The summed E-state index contributed by atoms with van der Waals surface area (Å²) in [6.07, 6.45) is 0.477. The lowest BCUT2D eigenvalue weighted by atomic mass is 10.1. The van der Waals surface area contributed by atoms with Crippen LogP contribution < -0.4 is 14.4 Å². The molecule has 0 spiro atoms. The summed E-state index contributed by atoms with van der Waals surface area (Å²) < 4.78 is 11.2. The molecule has 1 unspecified atom stereocenters. The molecule has 0 saturated carbocycles. The number of aldehydes is 1. The first-order chi connectivity index (χ1) is 11.0. The van der Waals surface area contributed by atoms with Gasteiger partial charge in [-0.15, -0.1) is 0 Å². The number of hydrogen-bond acceptors (Lipinski definition) is 5. The Morgan fingerprint density at radius 1 is 1.48 bits per heavy atom. The zero-order valence-corrected chi connectivity index (χ0v) is 13.1. The predicted octanol–water partition coefficient (Wildman–Crippen LogP) is 1.88. The number of aliphatic carboxylic acids is 1. The van der Waals surface area contributed by atoms with Gasteiger partial charge >= 0.3 is 5.97 Å². The highest BCUT2D eigenvalue weighted by atomic mass is 16.5. The summed E-state index contributed by atoms with van der Waals surface area (Å²) in [6, 6.07) is 3.06. The molecule has 0 aromatic heterocycles. The lowest BCUT2D eigenvalue weighted by Crippen LogP contribution is -2.45. The number of nitrogens with zero attached hydrogens (tertiary/aromatic N) is 1. The second-order valence-corrected chi connectivity index (χ2v) is 5.23. The van der Waals surface area contributed by atoms with Gasteiger partial charge in [-0.25, -0.2) is 0 Å². The van der Waals surface area contributed by atoms with E-state index in [0.717, 1.165) is 6.42 Å². The van der Waals surface area contributed by atoms with Crippen LogP contribution in [0.2, 0.25) is 0 Å². The molecule has 1 amide bonds. The van der Waals surface area contributed by atoms with Crippen LogP contribution in [0, 0.1) is 0 Å². The third kappa shape index (κ3) is 3.61. The Bertz CT molecular complexity index is 627. The van der Waals surface area contributed by atoms with Crippen molar-refractivity contribution in [2.75, 3.05) is 18.1 Å². The van der Waals surface area contributed by atoms with Crippen LogP contribution >= 0.6 is 0 Å². The maximum Gasteiger partial charge on any atom is 0.305 e. The Balaban J connectivity index is 2.47. The minimum absolute atomic E-state index is 0.00436. The molecule has 1 N–H and O–H groups in total. The maximum absolute atomic E-state index is 12.3. The summed E-state index contributed by atoms with van der Waals surface area (Å²) in [5.41, 5.74) is 0.700. The standard InChI is InChI=1S/C16H19NO6/c1-3-6-22-13-8-11(9-18)7-12-15(13)23-10(2)16(21)17(12)5-4-14(19)20/h7-10H,3-6H2,1-2H3,(H,19,20). The number of carboxylic acids is 1. The van der Waals surface area contributed by atoms with Gasteiger partial charge in [0, 0.05) is 12.1 Å². The van der Waals surface area contributed by atoms with Gasteiger partial charge in [-0.2, -0.15) is 0 Å². The van der Waals surface area contributed by atoms with E-state index in [-0.39, 0.29) is 18.9 Å². The highest BCUT2D eigenvalue weighted by Crippen LogP contribution is 2.42. The van der Waals surface area contributed by atoms with E-state index >= 15 is 0 Å². The maximum atomic E-state index is 12.3. The van der Waals surface area contributed by atoms with Crippen LogP contribution in [-0.4, -0.2) is 42.5 Å².